The normalized spacial score (nSPS) is 11.9. The zero-order chi connectivity index (χ0) is 13.4. The lowest BCUT2D eigenvalue weighted by molar-refractivity contribution is -0.121. The highest BCUT2D eigenvalue weighted by Gasteiger charge is 2.08. The molecule has 1 aromatic rings. The van der Waals surface area contributed by atoms with Gasteiger partial charge in [-0.2, -0.15) is 0 Å². The molecule has 0 saturated heterocycles. The topological polar surface area (TPSA) is 38.3 Å². The van der Waals surface area contributed by atoms with Crippen LogP contribution in [-0.2, 0) is 11.2 Å². The van der Waals surface area contributed by atoms with Crippen molar-refractivity contribution in [1.29, 1.82) is 0 Å². The number of carbonyl (C=O) groups is 1. The monoisotopic (exact) mass is 269 g/mol. The van der Waals surface area contributed by atoms with Crippen molar-refractivity contribution in [3.8, 4) is 5.75 Å². The maximum atomic E-state index is 11.3. The van der Waals surface area contributed by atoms with Gasteiger partial charge in [0.05, 0.1) is 6.54 Å². The molecule has 1 atom stereocenters. The number of rotatable bonds is 7. The van der Waals surface area contributed by atoms with Gasteiger partial charge in [-0.3, -0.25) is 4.79 Å². The number of halogens is 1. The summed E-state index contributed by atoms with van der Waals surface area (Å²) in [4.78, 5) is 11.3. The zero-order valence-corrected chi connectivity index (χ0v) is 11.7. The summed E-state index contributed by atoms with van der Waals surface area (Å²) < 4.78 is 5.82. The highest BCUT2D eigenvalue weighted by Crippen LogP contribution is 2.19. The number of benzene rings is 1. The predicted octanol–water partition coefficient (Wildman–Crippen LogP) is 2.76. The number of para-hydroxylation sites is 1. The van der Waals surface area contributed by atoms with Crippen molar-refractivity contribution in [2.24, 2.45) is 0 Å². The van der Waals surface area contributed by atoms with E-state index in [-0.39, 0.29) is 12.0 Å². The van der Waals surface area contributed by atoms with Crippen LogP contribution in [0, 0.1) is 0 Å². The summed E-state index contributed by atoms with van der Waals surface area (Å²) in [6.45, 7) is 4.52. The van der Waals surface area contributed by atoms with Crippen LogP contribution >= 0.6 is 11.6 Å². The van der Waals surface area contributed by atoms with Crippen molar-refractivity contribution in [2.45, 2.75) is 32.8 Å². The van der Waals surface area contributed by atoms with E-state index in [2.05, 4.69) is 12.2 Å². The fraction of sp³-hybridized carbons (Fsp3) is 0.500. The maximum absolute atomic E-state index is 11.3. The Balaban J connectivity index is 2.44. The van der Waals surface area contributed by atoms with Crippen molar-refractivity contribution >= 4 is 17.5 Å². The van der Waals surface area contributed by atoms with Gasteiger partial charge in [-0.25, -0.2) is 0 Å². The first-order valence-electron chi connectivity index (χ1n) is 6.24. The minimum Gasteiger partial charge on any atom is -0.489 e. The Morgan fingerprint density at radius 3 is 2.83 bits per heavy atom. The van der Waals surface area contributed by atoms with Gasteiger partial charge in [-0.05, 0) is 25.0 Å². The van der Waals surface area contributed by atoms with Crippen molar-refractivity contribution in [3.63, 3.8) is 0 Å². The standard InChI is InChI=1S/C14H20ClNO2/c1-3-12-6-4-5-7-13(12)18-11(2)10-16-14(17)8-9-15/h4-7,11H,3,8-10H2,1-2H3,(H,16,17). The van der Waals surface area contributed by atoms with Gasteiger partial charge in [0.2, 0.25) is 5.91 Å². The third kappa shape index (κ3) is 4.96. The van der Waals surface area contributed by atoms with E-state index in [1.807, 2.05) is 31.2 Å². The van der Waals surface area contributed by atoms with Gasteiger partial charge in [0.15, 0.2) is 0 Å². The van der Waals surface area contributed by atoms with Gasteiger partial charge in [0.25, 0.3) is 0 Å². The molecule has 3 nitrogen and oxygen atoms in total. The second-order valence-electron chi connectivity index (χ2n) is 4.13. The Kier molecular flexibility index (Phi) is 6.58. The first kappa shape index (κ1) is 14.8. The summed E-state index contributed by atoms with van der Waals surface area (Å²) in [5.41, 5.74) is 1.18. The number of aryl methyl sites for hydroxylation is 1. The smallest absolute Gasteiger partial charge is 0.221 e. The van der Waals surface area contributed by atoms with Gasteiger partial charge in [0, 0.05) is 12.3 Å². The van der Waals surface area contributed by atoms with Crippen molar-refractivity contribution in [2.75, 3.05) is 12.4 Å². The van der Waals surface area contributed by atoms with E-state index in [0.717, 1.165) is 12.2 Å². The molecular weight excluding hydrogens is 250 g/mol. The summed E-state index contributed by atoms with van der Waals surface area (Å²) in [6, 6.07) is 7.95. The molecule has 1 amide bonds. The molecule has 100 valence electrons. The lowest BCUT2D eigenvalue weighted by Crippen LogP contribution is -2.33. The van der Waals surface area contributed by atoms with Gasteiger partial charge < -0.3 is 10.1 Å². The Bertz CT molecular complexity index is 382. The molecule has 0 aliphatic rings. The van der Waals surface area contributed by atoms with Gasteiger partial charge in [0.1, 0.15) is 11.9 Å². The molecule has 0 fully saturated rings. The first-order chi connectivity index (χ1) is 8.67. The van der Waals surface area contributed by atoms with Crippen LogP contribution in [0.4, 0.5) is 0 Å². The molecule has 0 aliphatic carbocycles. The summed E-state index contributed by atoms with van der Waals surface area (Å²) in [5.74, 6) is 1.20. The van der Waals surface area contributed by atoms with Crippen molar-refractivity contribution < 1.29 is 9.53 Å². The number of carbonyl (C=O) groups excluding carboxylic acids is 1. The number of hydrogen-bond acceptors (Lipinski definition) is 2. The molecule has 1 unspecified atom stereocenters. The minimum atomic E-state index is -0.0584. The first-order valence-corrected chi connectivity index (χ1v) is 6.78. The molecule has 0 aliphatic heterocycles. The summed E-state index contributed by atoms with van der Waals surface area (Å²) >= 11 is 5.49. The fourth-order valence-corrected chi connectivity index (χ4v) is 1.77. The van der Waals surface area contributed by atoms with E-state index < -0.39 is 0 Å². The van der Waals surface area contributed by atoms with Crippen LogP contribution in [0.15, 0.2) is 24.3 Å². The molecule has 1 N–H and O–H groups in total. The third-order valence-corrected chi connectivity index (χ3v) is 2.78. The SMILES string of the molecule is CCc1ccccc1OC(C)CNC(=O)CCCl. The second-order valence-corrected chi connectivity index (χ2v) is 4.51. The molecule has 0 bridgehead atoms. The number of amides is 1. The van der Waals surface area contributed by atoms with Crippen LogP contribution < -0.4 is 10.1 Å². The van der Waals surface area contributed by atoms with Gasteiger partial charge in [-0.15, -0.1) is 11.6 Å². The summed E-state index contributed by atoms with van der Waals surface area (Å²) in [5, 5.41) is 2.79. The van der Waals surface area contributed by atoms with E-state index in [9.17, 15) is 4.79 Å². The van der Waals surface area contributed by atoms with Crippen LogP contribution in [0.2, 0.25) is 0 Å². The Morgan fingerprint density at radius 2 is 2.17 bits per heavy atom. The molecule has 0 spiro atoms. The number of nitrogens with one attached hydrogen (secondary N) is 1. The molecule has 1 rings (SSSR count). The summed E-state index contributed by atoms with van der Waals surface area (Å²) in [6.07, 6.45) is 1.22. The van der Waals surface area contributed by atoms with Crippen molar-refractivity contribution in [3.05, 3.63) is 29.8 Å². The molecule has 4 heteroatoms. The van der Waals surface area contributed by atoms with Crippen LogP contribution in [0.1, 0.15) is 25.8 Å². The Hall–Kier alpha value is -1.22. The van der Waals surface area contributed by atoms with Crippen LogP contribution in [-0.4, -0.2) is 24.4 Å². The molecule has 0 aromatic heterocycles. The minimum absolute atomic E-state index is 0.0378. The number of hydrogen-bond donors (Lipinski definition) is 1. The predicted molar refractivity (Wildman–Crippen MR) is 74.3 cm³/mol. The van der Waals surface area contributed by atoms with Crippen LogP contribution in [0.25, 0.3) is 0 Å². The molecule has 0 radical (unpaired) electrons. The second kappa shape index (κ2) is 7.98. The summed E-state index contributed by atoms with van der Waals surface area (Å²) in [7, 11) is 0. The van der Waals surface area contributed by atoms with Gasteiger partial charge >= 0.3 is 0 Å². The highest BCUT2D eigenvalue weighted by atomic mass is 35.5. The number of ether oxygens (including phenoxy) is 1. The van der Waals surface area contributed by atoms with E-state index in [0.29, 0.717) is 18.8 Å². The van der Waals surface area contributed by atoms with Crippen molar-refractivity contribution in [1.82, 2.24) is 5.32 Å². The molecular formula is C14H20ClNO2. The van der Waals surface area contributed by atoms with Crippen LogP contribution in [0.3, 0.4) is 0 Å². The maximum Gasteiger partial charge on any atom is 0.221 e. The molecule has 1 aromatic carbocycles. The highest BCUT2D eigenvalue weighted by molar-refractivity contribution is 6.18. The average molecular weight is 270 g/mol. The van der Waals surface area contributed by atoms with E-state index in [1.54, 1.807) is 0 Å². The van der Waals surface area contributed by atoms with E-state index in [4.69, 9.17) is 16.3 Å². The Morgan fingerprint density at radius 1 is 1.44 bits per heavy atom. The lowest BCUT2D eigenvalue weighted by atomic mass is 10.1. The molecule has 0 saturated carbocycles. The average Bonchev–Trinajstić information content (AvgIpc) is 2.37. The van der Waals surface area contributed by atoms with E-state index in [1.165, 1.54) is 5.56 Å². The third-order valence-electron chi connectivity index (χ3n) is 2.59. The molecule has 0 heterocycles. The number of alkyl halides is 1. The largest absolute Gasteiger partial charge is 0.489 e. The van der Waals surface area contributed by atoms with E-state index >= 15 is 0 Å². The van der Waals surface area contributed by atoms with Crippen LogP contribution in [0.5, 0.6) is 5.75 Å². The molecule has 18 heavy (non-hydrogen) atoms. The lowest BCUT2D eigenvalue weighted by Gasteiger charge is -2.17. The van der Waals surface area contributed by atoms with Gasteiger partial charge in [-0.1, -0.05) is 25.1 Å². The zero-order valence-electron chi connectivity index (χ0n) is 10.9. The quantitative estimate of drug-likeness (QED) is 0.773. The Labute approximate surface area is 113 Å². The fourth-order valence-electron chi connectivity index (χ4n) is 1.60.